The Bertz CT molecular complexity index is 124. The molecule has 0 aliphatic carbocycles. The van der Waals surface area contributed by atoms with Crippen molar-refractivity contribution in [3.8, 4) is 0 Å². The molecule has 0 N–H and O–H groups in total. The van der Waals surface area contributed by atoms with Gasteiger partial charge >= 0.3 is 0 Å². The van der Waals surface area contributed by atoms with Crippen LogP contribution in [0.5, 0.6) is 0 Å². The lowest BCUT2D eigenvalue weighted by molar-refractivity contribution is 0.419. The van der Waals surface area contributed by atoms with Gasteiger partial charge < -0.3 is 4.52 Å². The van der Waals surface area contributed by atoms with Gasteiger partial charge in [-0.15, -0.1) is 0 Å². The minimum absolute atomic E-state index is 0.639. The van der Waals surface area contributed by atoms with Crippen LogP contribution in [0.3, 0.4) is 0 Å². The Balaban J connectivity index is 2.76. The van der Waals surface area contributed by atoms with Crippen molar-refractivity contribution in [2.45, 2.75) is 0 Å². The second-order valence-electron chi connectivity index (χ2n) is 1.08. The van der Waals surface area contributed by atoms with Crippen molar-refractivity contribution in [2.75, 3.05) is 7.05 Å². The van der Waals surface area contributed by atoms with Gasteiger partial charge in [-0.2, -0.15) is 0 Å². The first-order valence-corrected chi connectivity index (χ1v) is 1.93. The molecule has 0 aromatic carbocycles. The van der Waals surface area contributed by atoms with E-state index < -0.39 is 0 Å². The Morgan fingerprint density at radius 1 is 1.86 bits per heavy atom. The van der Waals surface area contributed by atoms with E-state index in [1.54, 1.807) is 13.1 Å². The van der Waals surface area contributed by atoms with Gasteiger partial charge in [-0.3, -0.25) is 5.32 Å². The Labute approximate surface area is 41.3 Å². The second-order valence-corrected chi connectivity index (χ2v) is 1.08. The fraction of sp³-hybridized carbons (Fsp3) is 0.250. The normalized spacial score (nSPS) is 8.71. The van der Waals surface area contributed by atoms with E-state index in [-0.39, 0.29) is 0 Å². The molecule has 0 atom stereocenters. The van der Waals surface area contributed by atoms with Crippen molar-refractivity contribution in [1.29, 1.82) is 0 Å². The van der Waals surface area contributed by atoms with Crippen LogP contribution < -0.4 is 5.32 Å². The lowest BCUT2D eigenvalue weighted by atomic mass is 10.7. The first kappa shape index (κ1) is 4.18. The maximum absolute atomic E-state index is 4.46. The third-order valence-electron chi connectivity index (χ3n) is 0.653. The molecule has 1 aromatic heterocycles. The molecule has 1 rings (SSSR count). The van der Waals surface area contributed by atoms with E-state index in [0.29, 0.717) is 5.82 Å². The highest BCUT2D eigenvalue weighted by molar-refractivity contribution is 5.18. The molecule has 0 saturated heterocycles. The van der Waals surface area contributed by atoms with Gasteiger partial charge in [0.1, 0.15) is 6.26 Å². The van der Waals surface area contributed by atoms with Crippen LogP contribution in [0.1, 0.15) is 0 Å². The third kappa shape index (κ3) is 0.707. The van der Waals surface area contributed by atoms with Gasteiger partial charge in [0.25, 0.3) is 0 Å². The zero-order valence-corrected chi connectivity index (χ0v) is 3.96. The van der Waals surface area contributed by atoms with Crippen molar-refractivity contribution >= 4 is 5.82 Å². The molecule has 0 amide bonds. The van der Waals surface area contributed by atoms with Gasteiger partial charge in [0.05, 0.1) is 0 Å². The quantitative estimate of drug-likeness (QED) is 0.513. The number of aromatic nitrogens is 1. The van der Waals surface area contributed by atoms with Gasteiger partial charge in [0, 0.05) is 13.1 Å². The lowest BCUT2D eigenvalue weighted by Crippen LogP contribution is -1.83. The van der Waals surface area contributed by atoms with E-state index in [4.69, 9.17) is 0 Å². The summed E-state index contributed by atoms with van der Waals surface area (Å²) in [4.78, 5) is 0. The van der Waals surface area contributed by atoms with E-state index in [2.05, 4.69) is 15.0 Å². The molecule has 37 valence electrons. The highest BCUT2D eigenvalue weighted by Crippen LogP contribution is 1.97. The van der Waals surface area contributed by atoms with E-state index in [1.807, 2.05) is 0 Å². The summed E-state index contributed by atoms with van der Waals surface area (Å²) in [7, 11) is 1.66. The van der Waals surface area contributed by atoms with Crippen LogP contribution in [0.25, 0.3) is 0 Å². The molecule has 0 fully saturated rings. The maximum atomic E-state index is 4.46. The summed E-state index contributed by atoms with van der Waals surface area (Å²) in [5.74, 6) is 0.639. The fourth-order valence-electron chi connectivity index (χ4n) is 0.322. The van der Waals surface area contributed by atoms with E-state index in [1.165, 1.54) is 6.26 Å². The lowest BCUT2D eigenvalue weighted by Gasteiger charge is -1.77. The van der Waals surface area contributed by atoms with Crippen molar-refractivity contribution < 1.29 is 4.52 Å². The Hall–Kier alpha value is -0.990. The van der Waals surface area contributed by atoms with E-state index >= 15 is 0 Å². The number of hydrogen-bond acceptors (Lipinski definition) is 2. The first-order valence-electron chi connectivity index (χ1n) is 1.93. The summed E-state index contributed by atoms with van der Waals surface area (Å²) in [5.41, 5.74) is 0. The number of nitrogens with zero attached hydrogens (tertiary/aromatic N) is 2. The number of hydrogen-bond donors (Lipinski definition) is 0. The monoisotopic (exact) mass is 97.0 g/mol. The fourth-order valence-corrected chi connectivity index (χ4v) is 0.322. The first-order chi connectivity index (χ1) is 3.43. The van der Waals surface area contributed by atoms with Gasteiger partial charge in [0.15, 0.2) is 5.82 Å². The van der Waals surface area contributed by atoms with Crippen molar-refractivity contribution in [3.05, 3.63) is 12.3 Å². The summed E-state index contributed by atoms with van der Waals surface area (Å²) in [6.45, 7) is 0. The van der Waals surface area contributed by atoms with Crippen molar-refractivity contribution in [3.63, 3.8) is 0 Å². The summed E-state index contributed by atoms with van der Waals surface area (Å²) in [6.07, 6.45) is 1.49. The minimum atomic E-state index is 0.639. The SMILES string of the molecule is C[N]c1ccon1. The van der Waals surface area contributed by atoms with Crippen LogP contribution >= 0.6 is 0 Å². The molecule has 0 bridgehead atoms. The predicted octanol–water partition coefficient (Wildman–Crippen LogP) is 0.540. The molecule has 0 spiro atoms. The van der Waals surface area contributed by atoms with Gasteiger partial charge in [-0.05, 0) is 0 Å². The van der Waals surface area contributed by atoms with Crippen molar-refractivity contribution in [1.82, 2.24) is 10.5 Å². The van der Waals surface area contributed by atoms with Gasteiger partial charge in [0.2, 0.25) is 0 Å². The van der Waals surface area contributed by atoms with Crippen LogP contribution in [0, 0.1) is 0 Å². The Kier molecular flexibility index (Phi) is 0.978. The molecule has 3 heteroatoms. The van der Waals surface area contributed by atoms with E-state index in [0.717, 1.165) is 0 Å². The molecular formula is C4H5N2O. The summed E-state index contributed by atoms with van der Waals surface area (Å²) < 4.78 is 4.46. The molecule has 7 heavy (non-hydrogen) atoms. The molecule has 1 radical (unpaired) electrons. The average Bonchev–Trinajstić information content (AvgIpc) is 2.14. The van der Waals surface area contributed by atoms with E-state index in [9.17, 15) is 0 Å². The second kappa shape index (κ2) is 1.64. The van der Waals surface area contributed by atoms with Crippen LogP contribution in [0.4, 0.5) is 5.82 Å². The van der Waals surface area contributed by atoms with Crippen LogP contribution in [0.15, 0.2) is 16.9 Å². The van der Waals surface area contributed by atoms with Crippen LogP contribution in [0.2, 0.25) is 0 Å². The number of rotatable bonds is 1. The molecule has 3 nitrogen and oxygen atoms in total. The molecule has 1 aromatic rings. The molecule has 0 saturated carbocycles. The molecule has 0 unspecified atom stereocenters. The minimum Gasteiger partial charge on any atom is -0.363 e. The highest BCUT2D eigenvalue weighted by atomic mass is 16.5. The van der Waals surface area contributed by atoms with Gasteiger partial charge in [-0.1, -0.05) is 5.16 Å². The van der Waals surface area contributed by atoms with Gasteiger partial charge in [-0.25, -0.2) is 0 Å². The zero-order valence-electron chi connectivity index (χ0n) is 3.96. The maximum Gasteiger partial charge on any atom is 0.190 e. The topological polar surface area (TPSA) is 40.1 Å². The molecule has 0 aliphatic heterocycles. The summed E-state index contributed by atoms with van der Waals surface area (Å²) in [6, 6.07) is 1.69. The van der Waals surface area contributed by atoms with Crippen molar-refractivity contribution in [2.24, 2.45) is 0 Å². The summed E-state index contributed by atoms with van der Waals surface area (Å²) in [5, 5.41) is 7.22. The average molecular weight is 97.1 g/mol. The molecular weight excluding hydrogens is 92.1 g/mol. The standard InChI is InChI=1S/C4H5N2O/c1-5-4-2-3-7-6-4/h2-3H,1H3. The summed E-state index contributed by atoms with van der Waals surface area (Å²) >= 11 is 0. The van der Waals surface area contributed by atoms with Crippen LogP contribution in [-0.2, 0) is 0 Å². The molecule has 0 aliphatic rings. The Morgan fingerprint density at radius 2 is 2.71 bits per heavy atom. The largest absolute Gasteiger partial charge is 0.363 e. The highest BCUT2D eigenvalue weighted by Gasteiger charge is 1.86. The smallest absolute Gasteiger partial charge is 0.190 e. The zero-order chi connectivity index (χ0) is 5.11. The molecule has 1 heterocycles. The Morgan fingerprint density at radius 3 is 3.00 bits per heavy atom. The predicted molar refractivity (Wildman–Crippen MR) is 24.2 cm³/mol. The third-order valence-corrected chi connectivity index (χ3v) is 0.653. The van der Waals surface area contributed by atoms with Crippen LogP contribution in [-0.4, -0.2) is 12.2 Å².